The summed E-state index contributed by atoms with van der Waals surface area (Å²) >= 11 is 3.40. The van der Waals surface area contributed by atoms with Crippen molar-refractivity contribution in [1.29, 1.82) is 0 Å². The van der Waals surface area contributed by atoms with E-state index in [1.165, 1.54) is 4.90 Å². The van der Waals surface area contributed by atoms with Gasteiger partial charge in [0.2, 0.25) is 5.91 Å². The molecule has 1 aliphatic heterocycles. The number of halogens is 1. The van der Waals surface area contributed by atoms with E-state index in [9.17, 15) is 14.7 Å². The summed E-state index contributed by atoms with van der Waals surface area (Å²) < 4.78 is 0.985. The molecule has 2 aromatic carbocycles. The van der Waals surface area contributed by atoms with Crippen LogP contribution in [0.15, 0.2) is 53.0 Å². The van der Waals surface area contributed by atoms with Crippen molar-refractivity contribution in [2.24, 2.45) is 5.92 Å². The fourth-order valence-corrected chi connectivity index (χ4v) is 3.54. The number of carbonyl (C=O) groups is 2. The van der Waals surface area contributed by atoms with E-state index in [2.05, 4.69) is 15.9 Å². The zero-order valence-corrected chi connectivity index (χ0v) is 15.6. The average molecular weight is 402 g/mol. The van der Waals surface area contributed by atoms with Crippen molar-refractivity contribution in [3.05, 3.63) is 69.7 Å². The standard InChI is InChI=1S/C20H20BrNO3/c1-13-2-4-15(5-3-13)12-22-18(20(24)25)11-16(19(22)23)10-14-6-8-17(21)9-7-14/h2-9,16,18H,10-12H2,1H3,(H,24,25)/t16-,18+/m1/s1. The number of nitrogens with zero attached hydrogens (tertiary/aromatic N) is 1. The molecule has 1 N–H and O–H groups in total. The van der Waals surface area contributed by atoms with Gasteiger partial charge in [-0.05, 0) is 43.0 Å². The van der Waals surface area contributed by atoms with E-state index < -0.39 is 12.0 Å². The van der Waals surface area contributed by atoms with Crippen molar-refractivity contribution >= 4 is 27.8 Å². The van der Waals surface area contributed by atoms with Gasteiger partial charge < -0.3 is 10.0 Å². The van der Waals surface area contributed by atoms with Crippen molar-refractivity contribution in [2.45, 2.75) is 32.4 Å². The molecule has 1 amide bonds. The van der Waals surface area contributed by atoms with Gasteiger partial charge in [-0.15, -0.1) is 0 Å². The van der Waals surface area contributed by atoms with Crippen LogP contribution in [0.2, 0.25) is 0 Å². The Morgan fingerprint density at radius 1 is 1.12 bits per heavy atom. The lowest BCUT2D eigenvalue weighted by molar-refractivity contribution is -0.146. The molecule has 0 unspecified atom stereocenters. The summed E-state index contributed by atoms with van der Waals surface area (Å²) in [5, 5.41) is 9.54. The van der Waals surface area contributed by atoms with Gasteiger partial charge in [0.15, 0.2) is 0 Å². The Morgan fingerprint density at radius 3 is 2.32 bits per heavy atom. The average Bonchev–Trinajstić information content (AvgIpc) is 2.89. The summed E-state index contributed by atoms with van der Waals surface area (Å²) in [7, 11) is 0. The number of aryl methyl sites for hydroxylation is 1. The number of amides is 1. The molecule has 5 heteroatoms. The van der Waals surface area contributed by atoms with Gasteiger partial charge in [0.05, 0.1) is 0 Å². The van der Waals surface area contributed by atoms with Gasteiger partial charge in [0.25, 0.3) is 0 Å². The van der Waals surface area contributed by atoms with Gasteiger partial charge in [-0.25, -0.2) is 4.79 Å². The number of hydrogen-bond acceptors (Lipinski definition) is 2. The Balaban J connectivity index is 1.77. The van der Waals surface area contributed by atoms with Gasteiger partial charge in [-0.1, -0.05) is 57.9 Å². The molecule has 2 aromatic rings. The second-order valence-corrected chi connectivity index (χ2v) is 7.48. The first-order chi connectivity index (χ1) is 11.9. The lowest BCUT2D eigenvalue weighted by Crippen LogP contribution is -2.38. The Labute approximate surface area is 155 Å². The first kappa shape index (κ1) is 17.7. The molecule has 130 valence electrons. The highest BCUT2D eigenvalue weighted by Crippen LogP contribution is 2.30. The molecule has 0 aromatic heterocycles. The number of carbonyl (C=O) groups excluding carboxylic acids is 1. The van der Waals surface area contributed by atoms with E-state index in [1.807, 2.05) is 55.5 Å². The fraction of sp³-hybridized carbons (Fsp3) is 0.300. The van der Waals surface area contributed by atoms with Crippen LogP contribution in [0.3, 0.4) is 0 Å². The molecule has 0 aliphatic carbocycles. The highest BCUT2D eigenvalue weighted by atomic mass is 79.9. The number of carboxylic acid groups (broad SMARTS) is 1. The summed E-state index contributed by atoms with van der Waals surface area (Å²) in [6.45, 7) is 2.34. The minimum Gasteiger partial charge on any atom is -0.480 e. The second kappa shape index (κ2) is 7.40. The zero-order chi connectivity index (χ0) is 18.0. The normalized spacial score (nSPS) is 20.1. The maximum absolute atomic E-state index is 12.8. The van der Waals surface area contributed by atoms with Crippen molar-refractivity contribution < 1.29 is 14.7 Å². The topological polar surface area (TPSA) is 57.6 Å². The van der Waals surface area contributed by atoms with E-state index in [0.29, 0.717) is 19.4 Å². The van der Waals surface area contributed by atoms with E-state index >= 15 is 0 Å². The lowest BCUT2D eigenvalue weighted by Gasteiger charge is -2.22. The highest BCUT2D eigenvalue weighted by molar-refractivity contribution is 9.10. The van der Waals surface area contributed by atoms with Crippen LogP contribution in [-0.4, -0.2) is 27.9 Å². The molecule has 3 rings (SSSR count). The predicted octanol–water partition coefficient (Wildman–Crippen LogP) is 3.80. The molecule has 4 nitrogen and oxygen atoms in total. The molecule has 0 bridgehead atoms. The molecule has 2 atom stereocenters. The summed E-state index contributed by atoms with van der Waals surface area (Å²) in [4.78, 5) is 26.0. The summed E-state index contributed by atoms with van der Waals surface area (Å²) in [6, 6.07) is 14.9. The number of carboxylic acids is 1. The van der Waals surface area contributed by atoms with Gasteiger partial charge in [-0.2, -0.15) is 0 Å². The molecular formula is C20H20BrNO3. The molecule has 25 heavy (non-hydrogen) atoms. The smallest absolute Gasteiger partial charge is 0.326 e. The molecule has 0 radical (unpaired) electrons. The van der Waals surface area contributed by atoms with Crippen molar-refractivity contribution in [2.75, 3.05) is 0 Å². The largest absolute Gasteiger partial charge is 0.480 e. The third kappa shape index (κ3) is 4.10. The van der Waals surface area contributed by atoms with E-state index in [0.717, 1.165) is 21.2 Å². The number of hydrogen-bond donors (Lipinski definition) is 1. The van der Waals surface area contributed by atoms with Gasteiger partial charge >= 0.3 is 5.97 Å². The van der Waals surface area contributed by atoms with E-state index in [4.69, 9.17) is 0 Å². The number of aliphatic carboxylic acids is 1. The van der Waals surface area contributed by atoms with Crippen molar-refractivity contribution in [1.82, 2.24) is 4.90 Å². The molecule has 1 saturated heterocycles. The van der Waals surface area contributed by atoms with Crippen LogP contribution in [0.4, 0.5) is 0 Å². The molecule has 1 heterocycles. The molecule has 0 saturated carbocycles. The van der Waals surface area contributed by atoms with Crippen LogP contribution < -0.4 is 0 Å². The molecule has 0 spiro atoms. The van der Waals surface area contributed by atoms with Crippen LogP contribution in [0.1, 0.15) is 23.1 Å². The quantitative estimate of drug-likeness (QED) is 0.828. The van der Waals surface area contributed by atoms with Gasteiger partial charge in [0.1, 0.15) is 6.04 Å². The Morgan fingerprint density at radius 2 is 1.72 bits per heavy atom. The highest BCUT2D eigenvalue weighted by Gasteiger charge is 2.42. The minimum absolute atomic E-state index is 0.0732. The van der Waals surface area contributed by atoms with Crippen molar-refractivity contribution in [3.63, 3.8) is 0 Å². The van der Waals surface area contributed by atoms with Crippen LogP contribution >= 0.6 is 15.9 Å². The summed E-state index contributed by atoms with van der Waals surface area (Å²) in [5.74, 6) is -1.29. The number of benzene rings is 2. The van der Waals surface area contributed by atoms with Crippen LogP contribution in [-0.2, 0) is 22.6 Å². The van der Waals surface area contributed by atoms with E-state index in [1.54, 1.807) is 0 Å². The maximum Gasteiger partial charge on any atom is 0.326 e. The predicted molar refractivity (Wildman–Crippen MR) is 99.1 cm³/mol. The molecular weight excluding hydrogens is 382 g/mol. The third-order valence-corrected chi connectivity index (χ3v) is 5.20. The fourth-order valence-electron chi connectivity index (χ4n) is 3.27. The maximum atomic E-state index is 12.8. The first-order valence-electron chi connectivity index (χ1n) is 8.27. The molecule has 1 fully saturated rings. The number of rotatable bonds is 5. The van der Waals surface area contributed by atoms with E-state index in [-0.39, 0.29) is 11.8 Å². The van der Waals surface area contributed by atoms with Gasteiger partial charge in [-0.3, -0.25) is 4.79 Å². The van der Waals surface area contributed by atoms with Crippen molar-refractivity contribution in [3.8, 4) is 0 Å². The SMILES string of the molecule is Cc1ccc(CN2C(=O)[C@H](Cc3ccc(Br)cc3)C[C@H]2C(=O)O)cc1. The Hall–Kier alpha value is -2.14. The number of likely N-dealkylation sites (tertiary alicyclic amines) is 1. The Kier molecular flexibility index (Phi) is 5.23. The monoisotopic (exact) mass is 401 g/mol. The summed E-state index contributed by atoms with van der Waals surface area (Å²) in [6.07, 6.45) is 0.927. The minimum atomic E-state index is -0.932. The third-order valence-electron chi connectivity index (χ3n) is 4.67. The zero-order valence-electron chi connectivity index (χ0n) is 14.0. The van der Waals surface area contributed by atoms with Crippen LogP contribution in [0.25, 0.3) is 0 Å². The van der Waals surface area contributed by atoms with Crippen LogP contribution in [0, 0.1) is 12.8 Å². The molecule has 1 aliphatic rings. The summed E-state index contributed by atoms with van der Waals surface area (Å²) in [5.41, 5.74) is 3.14. The second-order valence-electron chi connectivity index (χ2n) is 6.57. The lowest BCUT2D eigenvalue weighted by atomic mass is 9.96. The Bertz CT molecular complexity index is 771. The van der Waals surface area contributed by atoms with Gasteiger partial charge in [0, 0.05) is 16.9 Å². The first-order valence-corrected chi connectivity index (χ1v) is 9.06. The van der Waals surface area contributed by atoms with Crippen LogP contribution in [0.5, 0.6) is 0 Å².